The highest BCUT2D eigenvalue weighted by Gasteiger charge is 2.27. The van der Waals surface area contributed by atoms with E-state index in [-0.39, 0.29) is 21.9 Å². The van der Waals surface area contributed by atoms with E-state index in [0.29, 0.717) is 10.8 Å². The molecule has 0 bridgehead atoms. The van der Waals surface area contributed by atoms with Gasteiger partial charge in [0.15, 0.2) is 0 Å². The molecule has 1 aromatic heterocycles. The molecule has 0 radical (unpaired) electrons. The number of nitrogens with one attached hydrogen (secondary N) is 1. The molecule has 5 nitrogen and oxygen atoms in total. The van der Waals surface area contributed by atoms with Gasteiger partial charge in [0.25, 0.3) is 10.0 Å². The lowest BCUT2D eigenvalue weighted by molar-refractivity contribution is 0.276. The topological polar surface area (TPSA) is 79.5 Å². The summed E-state index contributed by atoms with van der Waals surface area (Å²) >= 11 is 8.12. The molecule has 1 aromatic carbocycles. The third-order valence-corrected chi connectivity index (χ3v) is 5.47. The molecule has 114 valence electrons. The summed E-state index contributed by atoms with van der Waals surface area (Å²) in [6.07, 6.45) is 0. The number of hydrogen-bond acceptors (Lipinski definition) is 4. The molecule has 0 aliphatic carbocycles. The van der Waals surface area contributed by atoms with Crippen LogP contribution in [-0.2, 0) is 16.6 Å². The molecule has 2 aromatic rings. The third kappa shape index (κ3) is 3.36. The molecule has 8 heteroatoms. The normalized spacial score (nSPS) is 11.7. The second-order valence-corrected chi connectivity index (χ2v) is 7.68. The number of benzene rings is 1. The van der Waals surface area contributed by atoms with Crippen molar-refractivity contribution in [3.63, 3.8) is 0 Å². The molecule has 0 spiro atoms. The number of hydrogen-bond donors (Lipinski definition) is 2. The van der Waals surface area contributed by atoms with Crippen molar-refractivity contribution in [1.82, 2.24) is 0 Å². The standard InChI is InChI=1S/C13H13ClINO4S/c1-7-10(6-17)13(8(2)20-7)21(18,19)16-12-4-3-9(15)5-11(12)14/h3-5,16-17H,6H2,1-2H3. The maximum atomic E-state index is 12.5. The summed E-state index contributed by atoms with van der Waals surface area (Å²) in [6, 6.07) is 4.98. The number of furan rings is 1. The zero-order valence-electron chi connectivity index (χ0n) is 11.3. The number of aryl methyl sites for hydroxylation is 2. The molecule has 0 aliphatic heterocycles. The van der Waals surface area contributed by atoms with E-state index < -0.39 is 16.6 Å². The van der Waals surface area contributed by atoms with Crippen LogP contribution in [0, 0.1) is 17.4 Å². The molecule has 0 aliphatic rings. The maximum absolute atomic E-state index is 12.5. The third-order valence-electron chi connectivity index (χ3n) is 2.93. The Morgan fingerprint density at radius 3 is 2.57 bits per heavy atom. The molecule has 0 saturated carbocycles. The monoisotopic (exact) mass is 441 g/mol. The number of anilines is 1. The van der Waals surface area contributed by atoms with Crippen LogP contribution in [0.3, 0.4) is 0 Å². The fraction of sp³-hybridized carbons (Fsp3) is 0.231. The average molecular weight is 442 g/mol. The van der Waals surface area contributed by atoms with Crippen molar-refractivity contribution in [3.05, 3.63) is 43.9 Å². The van der Waals surface area contributed by atoms with Crippen LogP contribution in [0.5, 0.6) is 0 Å². The number of aliphatic hydroxyl groups is 1. The molecule has 0 saturated heterocycles. The van der Waals surface area contributed by atoms with E-state index in [1.165, 1.54) is 6.92 Å². The van der Waals surface area contributed by atoms with Crippen molar-refractivity contribution < 1.29 is 17.9 Å². The summed E-state index contributed by atoms with van der Waals surface area (Å²) in [6.45, 7) is 2.73. The molecular formula is C13H13ClINO4S. The number of rotatable bonds is 4. The van der Waals surface area contributed by atoms with E-state index >= 15 is 0 Å². The minimum absolute atomic E-state index is 0.0443. The predicted octanol–water partition coefficient (Wildman–Crippen LogP) is 3.45. The van der Waals surface area contributed by atoms with Gasteiger partial charge in [-0.15, -0.1) is 0 Å². The second-order valence-electron chi connectivity index (χ2n) is 4.41. The molecular weight excluding hydrogens is 429 g/mol. The van der Waals surface area contributed by atoms with Gasteiger partial charge >= 0.3 is 0 Å². The molecule has 0 unspecified atom stereocenters. The maximum Gasteiger partial charge on any atom is 0.265 e. The number of aliphatic hydroxyl groups excluding tert-OH is 1. The smallest absolute Gasteiger partial charge is 0.265 e. The molecule has 0 fully saturated rings. The van der Waals surface area contributed by atoms with Crippen molar-refractivity contribution in [2.75, 3.05) is 4.72 Å². The Hall–Kier alpha value is -0.770. The molecule has 1 heterocycles. The summed E-state index contributed by atoms with van der Waals surface area (Å²) in [7, 11) is -3.89. The van der Waals surface area contributed by atoms with Crippen LogP contribution in [-0.4, -0.2) is 13.5 Å². The minimum atomic E-state index is -3.89. The van der Waals surface area contributed by atoms with Crippen molar-refractivity contribution >= 4 is 49.9 Å². The van der Waals surface area contributed by atoms with Gasteiger partial charge in [0.2, 0.25) is 0 Å². The first-order valence-electron chi connectivity index (χ1n) is 5.94. The van der Waals surface area contributed by atoms with Gasteiger partial charge in [0.1, 0.15) is 16.4 Å². The van der Waals surface area contributed by atoms with Crippen molar-refractivity contribution in [3.8, 4) is 0 Å². The predicted molar refractivity (Wildman–Crippen MR) is 89.1 cm³/mol. The quantitative estimate of drug-likeness (QED) is 0.712. The molecule has 2 rings (SSSR count). The second kappa shape index (κ2) is 6.15. The van der Waals surface area contributed by atoms with E-state index in [4.69, 9.17) is 16.0 Å². The van der Waals surface area contributed by atoms with Gasteiger partial charge < -0.3 is 9.52 Å². The highest BCUT2D eigenvalue weighted by atomic mass is 127. The van der Waals surface area contributed by atoms with Crippen LogP contribution in [0.2, 0.25) is 5.02 Å². The Kier molecular flexibility index (Phi) is 4.86. The van der Waals surface area contributed by atoms with Crippen LogP contribution in [0.4, 0.5) is 5.69 Å². The molecule has 2 N–H and O–H groups in total. The highest BCUT2D eigenvalue weighted by Crippen LogP contribution is 2.31. The van der Waals surface area contributed by atoms with Gasteiger partial charge in [-0.2, -0.15) is 0 Å². The van der Waals surface area contributed by atoms with Crippen LogP contribution in [0.25, 0.3) is 0 Å². The van der Waals surface area contributed by atoms with Gasteiger partial charge in [0, 0.05) is 9.13 Å². The van der Waals surface area contributed by atoms with E-state index in [2.05, 4.69) is 27.3 Å². The lowest BCUT2D eigenvalue weighted by Crippen LogP contribution is -2.15. The lowest BCUT2D eigenvalue weighted by atomic mass is 10.2. The van der Waals surface area contributed by atoms with Crippen molar-refractivity contribution in [2.24, 2.45) is 0 Å². The molecule has 21 heavy (non-hydrogen) atoms. The fourth-order valence-electron chi connectivity index (χ4n) is 2.01. The first-order chi connectivity index (χ1) is 9.76. The highest BCUT2D eigenvalue weighted by molar-refractivity contribution is 14.1. The van der Waals surface area contributed by atoms with Gasteiger partial charge in [0.05, 0.1) is 17.3 Å². The summed E-state index contributed by atoms with van der Waals surface area (Å²) in [4.78, 5) is -0.0443. The Morgan fingerprint density at radius 1 is 1.33 bits per heavy atom. The van der Waals surface area contributed by atoms with Crippen LogP contribution in [0.1, 0.15) is 17.1 Å². The Labute approximate surface area is 141 Å². The van der Waals surface area contributed by atoms with Crippen LogP contribution >= 0.6 is 34.2 Å². The zero-order valence-corrected chi connectivity index (χ0v) is 15.0. The molecule has 0 amide bonds. The van der Waals surface area contributed by atoms with E-state index in [1.807, 2.05) is 0 Å². The van der Waals surface area contributed by atoms with E-state index in [1.54, 1.807) is 25.1 Å². The Balaban J connectivity index is 2.48. The summed E-state index contributed by atoms with van der Waals surface area (Å²) in [5, 5.41) is 9.65. The van der Waals surface area contributed by atoms with Crippen LogP contribution < -0.4 is 4.72 Å². The van der Waals surface area contributed by atoms with Gasteiger partial charge in [-0.05, 0) is 54.6 Å². The largest absolute Gasteiger partial charge is 0.465 e. The number of sulfonamides is 1. The average Bonchev–Trinajstić information content (AvgIpc) is 2.67. The fourth-order valence-corrected chi connectivity index (χ4v) is 4.49. The first kappa shape index (κ1) is 16.6. The first-order valence-corrected chi connectivity index (χ1v) is 8.88. The summed E-state index contributed by atoms with van der Waals surface area (Å²) in [5.41, 5.74) is 0.529. The molecule has 0 atom stereocenters. The summed E-state index contributed by atoms with van der Waals surface area (Å²) < 4.78 is 33.6. The SMILES string of the molecule is Cc1oc(C)c(S(=O)(=O)Nc2ccc(I)cc2Cl)c1CO. The number of halogens is 2. The van der Waals surface area contributed by atoms with Crippen LogP contribution in [0.15, 0.2) is 27.5 Å². The lowest BCUT2D eigenvalue weighted by Gasteiger charge is -2.10. The summed E-state index contributed by atoms with van der Waals surface area (Å²) in [5.74, 6) is 0.606. The Bertz CT molecular complexity index is 786. The zero-order chi connectivity index (χ0) is 15.8. The van der Waals surface area contributed by atoms with Gasteiger partial charge in [-0.1, -0.05) is 11.6 Å². The van der Waals surface area contributed by atoms with Gasteiger partial charge in [-0.3, -0.25) is 4.72 Å². The van der Waals surface area contributed by atoms with E-state index in [0.717, 1.165) is 3.57 Å². The Morgan fingerprint density at radius 2 is 2.00 bits per heavy atom. The minimum Gasteiger partial charge on any atom is -0.465 e. The van der Waals surface area contributed by atoms with Crippen molar-refractivity contribution in [2.45, 2.75) is 25.3 Å². The van der Waals surface area contributed by atoms with Gasteiger partial charge in [-0.25, -0.2) is 8.42 Å². The van der Waals surface area contributed by atoms with Crippen molar-refractivity contribution in [1.29, 1.82) is 0 Å². The van der Waals surface area contributed by atoms with E-state index in [9.17, 15) is 13.5 Å².